The van der Waals surface area contributed by atoms with Crippen LogP contribution < -0.4 is 9.80 Å². The molecule has 5 rings (SSSR count). The molecule has 33 heavy (non-hydrogen) atoms. The zero-order valence-corrected chi connectivity index (χ0v) is 17.1. The molecule has 0 radical (unpaired) electrons. The van der Waals surface area contributed by atoms with E-state index < -0.39 is 35.0 Å². The van der Waals surface area contributed by atoms with Crippen molar-refractivity contribution in [2.24, 2.45) is 0 Å². The van der Waals surface area contributed by atoms with E-state index in [-0.39, 0.29) is 28.2 Å². The van der Waals surface area contributed by atoms with E-state index in [0.29, 0.717) is 10.4 Å². The van der Waals surface area contributed by atoms with Crippen LogP contribution in [0.15, 0.2) is 60.7 Å². The van der Waals surface area contributed by atoms with Gasteiger partial charge < -0.3 is 15.2 Å². The number of H-pyrrole nitrogens is 1. The van der Waals surface area contributed by atoms with Crippen molar-refractivity contribution in [2.45, 2.75) is 5.72 Å². The fourth-order valence-corrected chi connectivity index (χ4v) is 4.07. The Bertz CT molecular complexity index is 1430. The Morgan fingerprint density at radius 1 is 1.09 bits per heavy atom. The fraction of sp³-hybridized carbons (Fsp3) is 0.0870. The number of carbonyl (C=O) groups is 2. The maximum atomic E-state index is 14.8. The summed E-state index contributed by atoms with van der Waals surface area (Å²) in [5.41, 5.74) is -1.82. The highest BCUT2D eigenvalue weighted by Crippen LogP contribution is 2.46. The summed E-state index contributed by atoms with van der Waals surface area (Å²) in [6.07, 6.45) is -1.23. The summed E-state index contributed by atoms with van der Waals surface area (Å²) in [4.78, 5) is 33.2. The second-order valence-electron chi connectivity index (χ2n) is 7.56. The van der Waals surface area contributed by atoms with E-state index in [0.717, 1.165) is 23.1 Å². The average Bonchev–Trinajstić information content (AvgIpc) is 3.32. The third kappa shape index (κ3) is 2.88. The number of carbonyl (C=O) groups excluding carboxylic acids is 1. The van der Waals surface area contributed by atoms with Gasteiger partial charge in [-0.05, 0) is 30.3 Å². The molecule has 0 aliphatic carbocycles. The highest BCUT2D eigenvalue weighted by Gasteiger charge is 2.52. The molecule has 2 heterocycles. The average molecular weight is 450 g/mol. The number of aromatic amines is 1. The van der Waals surface area contributed by atoms with Gasteiger partial charge in [0.1, 0.15) is 17.3 Å². The van der Waals surface area contributed by atoms with Gasteiger partial charge in [-0.25, -0.2) is 18.6 Å². The fourth-order valence-electron chi connectivity index (χ4n) is 4.07. The maximum absolute atomic E-state index is 14.8. The number of rotatable bonds is 3. The van der Waals surface area contributed by atoms with Crippen molar-refractivity contribution < 1.29 is 28.6 Å². The van der Waals surface area contributed by atoms with Crippen LogP contribution in [0.5, 0.6) is 0 Å². The number of fused-ring (bicyclic) bond motifs is 2. The summed E-state index contributed by atoms with van der Waals surface area (Å²) in [6, 6.07) is 13.8. The Morgan fingerprint density at radius 3 is 2.48 bits per heavy atom. The Hall–Kier alpha value is -4.31. The molecule has 1 aromatic heterocycles. The molecule has 0 saturated carbocycles. The first-order valence-corrected chi connectivity index (χ1v) is 9.81. The van der Waals surface area contributed by atoms with Crippen molar-refractivity contribution in [1.29, 1.82) is 0 Å². The number of imidazole rings is 1. The third-order valence-corrected chi connectivity index (χ3v) is 5.70. The monoisotopic (exact) mass is 450 g/mol. The van der Waals surface area contributed by atoms with Crippen molar-refractivity contribution in [3.05, 3.63) is 89.0 Å². The number of aliphatic hydroxyl groups is 1. The second kappa shape index (κ2) is 7.10. The number of carboxylic acid groups (broad SMARTS) is 1. The molecule has 0 fully saturated rings. The van der Waals surface area contributed by atoms with Crippen molar-refractivity contribution in [2.75, 3.05) is 16.8 Å². The molecule has 8 nitrogen and oxygen atoms in total. The van der Waals surface area contributed by atoms with Crippen LogP contribution in [0.25, 0.3) is 11.0 Å². The summed E-state index contributed by atoms with van der Waals surface area (Å²) >= 11 is 0. The Morgan fingerprint density at radius 2 is 1.79 bits per heavy atom. The molecule has 4 aromatic rings. The molecular weight excluding hydrogens is 434 g/mol. The van der Waals surface area contributed by atoms with Gasteiger partial charge in [-0.1, -0.05) is 30.3 Å². The van der Waals surface area contributed by atoms with Crippen LogP contribution in [0.1, 0.15) is 21.5 Å². The second-order valence-corrected chi connectivity index (χ2v) is 7.56. The maximum Gasteiger partial charge on any atom is 0.413 e. The minimum absolute atomic E-state index is 0.0431. The van der Waals surface area contributed by atoms with Gasteiger partial charge in [0, 0.05) is 23.7 Å². The molecule has 1 aliphatic heterocycles. The van der Waals surface area contributed by atoms with E-state index in [1.54, 1.807) is 12.1 Å². The van der Waals surface area contributed by atoms with E-state index in [1.165, 1.54) is 37.4 Å². The van der Waals surface area contributed by atoms with Crippen LogP contribution in [-0.2, 0) is 5.72 Å². The van der Waals surface area contributed by atoms with E-state index in [9.17, 15) is 28.6 Å². The molecule has 166 valence electrons. The van der Waals surface area contributed by atoms with E-state index in [2.05, 4.69) is 9.97 Å². The highest BCUT2D eigenvalue weighted by atomic mass is 19.1. The topological polar surface area (TPSA) is 110 Å². The summed E-state index contributed by atoms with van der Waals surface area (Å²) < 4.78 is 29.5. The van der Waals surface area contributed by atoms with Gasteiger partial charge in [0.25, 0.3) is 5.91 Å². The van der Waals surface area contributed by atoms with Crippen molar-refractivity contribution in [3.63, 3.8) is 0 Å². The van der Waals surface area contributed by atoms with Gasteiger partial charge in [-0.2, -0.15) is 0 Å². The summed E-state index contributed by atoms with van der Waals surface area (Å²) in [6.45, 7) is 0. The zero-order chi connectivity index (χ0) is 23.5. The molecule has 3 aromatic carbocycles. The van der Waals surface area contributed by atoms with Gasteiger partial charge >= 0.3 is 6.09 Å². The van der Waals surface area contributed by atoms with Gasteiger partial charge in [0.2, 0.25) is 5.95 Å². The van der Waals surface area contributed by atoms with Crippen LogP contribution in [-0.4, -0.2) is 39.2 Å². The first kappa shape index (κ1) is 20.6. The lowest BCUT2D eigenvalue weighted by molar-refractivity contribution is 0.0693. The lowest BCUT2D eigenvalue weighted by Crippen LogP contribution is -2.46. The molecule has 2 amide bonds. The number of hydrogen-bond acceptors (Lipinski definition) is 4. The molecule has 0 bridgehead atoms. The molecule has 1 atom stereocenters. The Kier molecular flexibility index (Phi) is 4.43. The van der Waals surface area contributed by atoms with Gasteiger partial charge in [0.05, 0.1) is 11.0 Å². The molecule has 3 N–H and O–H groups in total. The molecule has 0 saturated heterocycles. The van der Waals surface area contributed by atoms with E-state index in [1.807, 2.05) is 0 Å². The molecule has 10 heteroatoms. The lowest BCUT2D eigenvalue weighted by atomic mass is 9.93. The van der Waals surface area contributed by atoms with Crippen molar-refractivity contribution >= 4 is 34.7 Å². The number of benzene rings is 3. The highest BCUT2D eigenvalue weighted by molar-refractivity contribution is 6.12. The van der Waals surface area contributed by atoms with Gasteiger partial charge in [-0.15, -0.1) is 0 Å². The zero-order valence-electron chi connectivity index (χ0n) is 17.1. The number of aromatic nitrogens is 2. The summed E-state index contributed by atoms with van der Waals surface area (Å²) in [5, 5.41) is 21.1. The predicted octanol–water partition coefficient (Wildman–Crippen LogP) is 3.81. The summed E-state index contributed by atoms with van der Waals surface area (Å²) in [7, 11) is 1.31. The lowest BCUT2D eigenvalue weighted by Gasteiger charge is -2.35. The minimum Gasteiger partial charge on any atom is -0.465 e. The van der Waals surface area contributed by atoms with Crippen LogP contribution in [0.4, 0.5) is 25.2 Å². The van der Waals surface area contributed by atoms with E-state index in [4.69, 9.17) is 0 Å². The number of nitrogens with zero attached hydrogens (tertiary/aromatic N) is 3. The first-order valence-electron chi connectivity index (χ1n) is 9.81. The number of amides is 2. The van der Waals surface area contributed by atoms with Gasteiger partial charge in [-0.3, -0.25) is 14.6 Å². The van der Waals surface area contributed by atoms with Crippen LogP contribution in [0.2, 0.25) is 0 Å². The van der Waals surface area contributed by atoms with Gasteiger partial charge in [0.15, 0.2) is 5.72 Å². The predicted molar refractivity (Wildman–Crippen MR) is 115 cm³/mol. The van der Waals surface area contributed by atoms with Crippen LogP contribution in [0.3, 0.4) is 0 Å². The number of nitrogens with one attached hydrogen (secondary N) is 1. The summed E-state index contributed by atoms with van der Waals surface area (Å²) in [5.74, 6) is -2.76. The largest absolute Gasteiger partial charge is 0.465 e. The number of para-hydroxylation sites is 1. The van der Waals surface area contributed by atoms with Crippen molar-refractivity contribution in [3.8, 4) is 0 Å². The number of halogens is 2. The molecule has 1 aliphatic rings. The first-order chi connectivity index (χ1) is 15.7. The quantitative estimate of drug-likeness (QED) is 0.440. The minimum atomic E-state index is -2.25. The Balaban J connectivity index is 1.75. The Labute approximate surface area is 185 Å². The third-order valence-electron chi connectivity index (χ3n) is 5.70. The number of hydrogen-bond donors (Lipinski definition) is 3. The van der Waals surface area contributed by atoms with Crippen molar-refractivity contribution in [1.82, 2.24) is 9.97 Å². The molecule has 0 spiro atoms. The standard InChI is InChI=1S/C23H16F2N4O4/c1-28(22(31)32)21-26-17-10-9-12(11-18(17)27-21)23(33)14-6-3-2-5-13(14)20(30)29(23)19-15(24)7-4-8-16(19)25/h2-11,33H,1H3,(H,26,27)(H,31,32). The SMILES string of the molecule is CN(C(=O)O)c1nc2cc(C3(O)c4ccccc4C(=O)N3c3c(F)cccc3F)ccc2[nH]1. The smallest absolute Gasteiger partial charge is 0.413 e. The van der Waals surface area contributed by atoms with Crippen LogP contribution in [0, 0.1) is 11.6 Å². The van der Waals surface area contributed by atoms with E-state index >= 15 is 0 Å². The normalized spacial score (nSPS) is 17.5. The molecule has 1 unspecified atom stereocenters. The number of anilines is 2. The molecular formula is C23H16F2N4O4. The van der Waals surface area contributed by atoms with Crippen LogP contribution >= 0.6 is 0 Å².